The van der Waals surface area contributed by atoms with Gasteiger partial charge >= 0.3 is 0 Å². The lowest BCUT2D eigenvalue weighted by Crippen LogP contribution is -1.94. The van der Waals surface area contributed by atoms with Crippen LogP contribution in [0.15, 0.2) is 109 Å². The summed E-state index contributed by atoms with van der Waals surface area (Å²) in [5, 5.41) is 0. The SMILES string of the molecule is Cc1c(N)cccc1Oc1cccc(Oc2cccc(Oc3cccc(Oc4cccc(N)c4C)c3)c2)c1. The normalized spacial score (nSPS) is 10.6. The fourth-order valence-electron chi connectivity index (χ4n) is 3.81. The molecule has 0 bridgehead atoms. The molecule has 0 fully saturated rings. The molecule has 0 saturated carbocycles. The topological polar surface area (TPSA) is 89.0 Å². The first-order chi connectivity index (χ1) is 18.4. The standard InChI is InChI=1S/C32H28N2O4/c1-21-29(33)14-6-16-31(21)37-27-12-4-10-25(19-27)35-23-8-3-9-24(18-23)36-26-11-5-13-28(20-26)38-32-17-7-15-30(34)22(32)2/h3-20H,33-34H2,1-2H3. The molecule has 38 heavy (non-hydrogen) atoms. The summed E-state index contributed by atoms with van der Waals surface area (Å²) >= 11 is 0. The van der Waals surface area contributed by atoms with Crippen molar-refractivity contribution in [2.24, 2.45) is 0 Å². The number of nitrogens with two attached hydrogens (primary N) is 2. The van der Waals surface area contributed by atoms with Gasteiger partial charge in [0, 0.05) is 40.7 Å². The van der Waals surface area contributed by atoms with E-state index in [9.17, 15) is 0 Å². The van der Waals surface area contributed by atoms with Crippen LogP contribution in [0.5, 0.6) is 46.0 Å². The zero-order valence-electron chi connectivity index (χ0n) is 21.2. The highest BCUT2D eigenvalue weighted by Gasteiger charge is 2.08. The molecule has 0 aliphatic heterocycles. The van der Waals surface area contributed by atoms with Gasteiger partial charge in [0.1, 0.15) is 46.0 Å². The lowest BCUT2D eigenvalue weighted by atomic mass is 10.2. The highest BCUT2D eigenvalue weighted by Crippen LogP contribution is 2.34. The van der Waals surface area contributed by atoms with Crippen molar-refractivity contribution in [2.45, 2.75) is 13.8 Å². The highest BCUT2D eigenvalue weighted by molar-refractivity contribution is 5.55. The summed E-state index contributed by atoms with van der Waals surface area (Å²) in [6.45, 7) is 3.86. The van der Waals surface area contributed by atoms with Gasteiger partial charge in [0.25, 0.3) is 0 Å². The number of anilines is 2. The average molecular weight is 505 g/mol. The first kappa shape index (κ1) is 24.6. The van der Waals surface area contributed by atoms with Crippen LogP contribution in [0.3, 0.4) is 0 Å². The van der Waals surface area contributed by atoms with Crippen LogP contribution in [0.4, 0.5) is 11.4 Å². The molecular weight excluding hydrogens is 476 g/mol. The molecule has 6 heteroatoms. The molecule has 5 aromatic rings. The molecule has 0 aliphatic carbocycles. The molecule has 0 aliphatic rings. The summed E-state index contributed by atoms with van der Waals surface area (Å²) in [5.74, 6) is 5.23. The predicted molar refractivity (Wildman–Crippen MR) is 151 cm³/mol. The van der Waals surface area contributed by atoms with E-state index in [2.05, 4.69) is 0 Å². The van der Waals surface area contributed by atoms with Gasteiger partial charge in [0.2, 0.25) is 0 Å². The molecule has 190 valence electrons. The highest BCUT2D eigenvalue weighted by atomic mass is 16.5. The molecule has 5 aromatic carbocycles. The maximum absolute atomic E-state index is 6.09. The van der Waals surface area contributed by atoms with Gasteiger partial charge in [-0.3, -0.25) is 0 Å². The van der Waals surface area contributed by atoms with Gasteiger partial charge in [0.05, 0.1) is 0 Å². The molecule has 0 unspecified atom stereocenters. The van der Waals surface area contributed by atoms with Crippen LogP contribution in [0.2, 0.25) is 0 Å². The van der Waals surface area contributed by atoms with Crippen LogP contribution in [0.1, 0.15) is 11.1 Å². The molecule has 0 saturated heterocycles. The van der Waals surface area contributed by atoms with E-state index in [1.54, 1.807) is 0 Å². The van der Waals surface area contributed by atoms with Crippen molar-refractivity contribution in [3.8, 4) is 46.0 Å². The van der Waals surface area contributed by atoms with E-state index in [1.165, 1.54) is 0 Å². The van der Waals surface area contributed by atoms with Crippen LogP contribution in [0.25, 0.3) is 0 Å². The Morgan fingerprint density at radius 1 is 0.395 bits per heavy atom. The van der Waals surface area contributed by atoms with Crippen LogP contribution < -0.4 is 30.4 Å². The van der Waals surface area contributed by atoms with Crippen molar-refractivity contribution < 1.29 is 18.9 Å². The minimum Gasteiger partial charge on any atom is -0.457 e. The maximum atomic E-state index is 6.09. The van der Waals surface area contributed by atoms with Crippen molar-refractivity contribution in [3.05, 3.63) is 120 Å². The Morgan fingerprint density at radius 2 is 0.684 bits per heavy atom. The van der Waals surface area contributed by atoms with Crippen molar-refractivity contribution in [1.82, 2.24) is 0 Å². The Morgan fingerprint density at radius 3 is 1.03 bits per heavy atom. The molecular formula is C32H28N2O4. The fourth-order valence-corrected chi connectivity index (χ4v) is 3.81. The third kappa shape index (κ3) is 5.82. The van der Waals surface area contributed by atoms with Crippen LogP contribution in [0, 0.1) is 13.8 Å². The Kier molecular flexibility index (Phi) is 7.04. The van der Waals surface area contributed by atoms with Gasteiger partial charge in [-0.15, -0.1) is 0 Å². The smallest absolute Gasteiger partial charge is 0.132 e. The fraction of sp³-hybridized carbons (Fsp3) is 0.0625. The van der Waals surface area contributed by atoms with Crippen LogP contribution in [-0.4, -0.2) is 0 Å². The van der Waals surface area contributed by atoms with E-state index in [0.717, 1.165) is 11.1 Å². The van der Waals surface area contributed by atoms with Gasteiger partial charge in [-0.2, -0.15) is 0 Å². The number of benzene rings is 5. The van der Waals surface area contributed by atoms with Crippen molar-refractivity contribution in [3.63, 3.8) is 0 Å². The van der Waals surface area contributed by atoms with Gasteiger partial charge in [0.15, 0.2) is 0 Å². The molecule has 0 radical (unpaired) electrons. The molecule has 6 nitrogen and oxygen atoms in total. The first-order valence-corrected chi connectivity index (χ1v) is 12.2. The van der Waals surface area contributed by atoms with Gasteiger partial charge in [-0.05, 0) is 74.5 Å². The largest absolute Gasteiger partial charge is 0.457 e. The number of ether oxygens (including phenoxy) is 4. The quantitative estimate of drug-likeness (QED) is 0.206. The summed E-state index contributed by atoms with van der Waals surface area (Å²) in [7, 11) is 0. The zero-order valence-corrected chi connectivity index (χ0v) is 21.2. The minimum absolute atomic E-state index is 0.627. The number of hydrogen-bond acceptors (Lipinski definition) is 6. The molecule has 5 rings (SSSR count). The van der Waals surface area contributed by atoms with Gasteiger partial charge in [-0.25, -0.2) is 0 Å². The van der Waals surface area contributed by atoms with Crippen molar-refractivity contribution in [2.75, 3.05) is 11.5 Å². The number of nitrogen functional groups attached to an aromatic ring is 2. The zero-order chi connectivity index (χ0) is 26.5. The predicted octanol–water partition coefficient (Wildman–Crippen LogP) is 8.64. The van der Waals surface area contributed by atoms with E-state index < -0.39 is 0 Å². The summed E-state index contributed by atoms with van der Waals surface area (Å²) < 4.78 is 24.3. The number of rotatable bonds is 8. The van der Waals surface area contributed by atoms with Crippen molar-refractivity contribution >= 4 is 11.4 Å². The number of hydrogen-bond donors (Lipinski definition) is 2. The van der Waals surface area contributed by atoms with Gasteiger partial charge in [-0.1, -0.05) is 30.3 Å². The van der Waals surface area contributed by atoms with E-state index in [0.29, 0.717) is 57.4 Å². The van der Waals surface area contributed by atoms with E-state index in [4.69, 9.17) is 30.4 Å². The molecule has 0 atom stereocenters. The third-order valence-corrected chi connectivity index (χ3v) is 6.00. The molecule has 4 N–H and O–H groups in total. The van der Waals surface area contributed by atoms with E-state index in [-0.39, 0.29) is 0 Å². The van der Waals surface area contributed by atoms with Crippen LogP contribution >= 0.6 is 0 Å². The second-order valence-corrected chi connectivity index (χ2v) is 8.77. The lowest BCUT2D eigenvalue weighted by molar-refractivity contribution is 0.446. The Balaban J connectivity index is 1.28. The third-order valence-electron chi connectivity index (χ3n) is 6.00. The lowest BCUT2D eigenvalue weighted by Gasteiger charge is -2.13. The Labute approximate surface area is 222 Å². The summed E-state index contributed by atoms with van der Waals surface area (Å²) in [6.07, 6.45) is 0. The molecule has 0 aromatic heterocycles. The Hall–Kier alpha value is -5.10. The second kappa shape index (κ2) is 10.9. The minimum atomic E-state index is 0.627. The molecule has 0 heterocycles. The average Bonchev–Trinajstić information content (AvgIpc) is 2.90. The van der Waals surface area contributed by atoms with E-state index in [1.807, 2.05) is 123 Å². The van der Waals surface area contributed by atoms with Gasteiger partial charge < -0.3 is 30.4 Å². The second-order valence-electron chi connectivity index (χ2n) is 8.77. The monoisotopic (exact) mass is 504 g/mol. The van der Waals surface area contributed by atoms with E-state index >= 15 is 0 Å². The molecule has 0 amide bonds. The summed E-state index contributed by atoms with van der Waals surface area (Å²) in [4.78, 5) is 0. The summed E-state index contributed by atoms with van der Waals surface area (Å²) in [6, 6.07) is 33.5. The molecule has 0 spiro atoms. The maximum Gasteiger partial charge on any atom is 0.132 e. The summed E-state index contributed by atoms with van der Waals surface area (Å²) in [5.41, 5.74) is 15.2. The van der Waals surface area contributed by atoms with Crippen LogP contribution in [-0.2, 0) is 0 Å². The first-order valence-electron chi connectivity index (χ1n) is 12.2. The Bertz CT molecular complexity index is 1470. The van der Waals surface area contributed by atoms with Crippen molar-refractivity contribution in [1.29, 1.82) is 0 Å².